The van der Waals surface area contributed by atoms with Crippen molar-refractivity contribution in [2.45, 2.75) is 38.1 Å². The maximum atomic E-state index is 12.7. The maximum absolute atomic E-state index is 12.7. The van der Waals surface area contributed by atoms with Gasteiger partial charge in [0.15, 0.2) is 0 Å². The molecular weight excluding hydrogens is 292 g/mol. The molecule has 5 heteroatoms. The Bertz CT molecular complexity index is 517. The third kappa shape index (κ3) is 4.65. The first-order chi connectivity index (χ1) is 11.2. The van der Waals surface area contributed by atoms with Crippen LogP contribution in [0.25, 0.3) is 0 Å². The van der Waals surface area contributed by atoms with E-state index in [1.165, 1.54) is 19.3 Å². The summed E-state index contributed by atoms with van der Waals surface area (Å²) < 4.78 is 10.5. The topological polar surface area (TPSA) is 50.8 Å². The number of nitrogens with zero attached hydrogens (tertiary/aromatic N) is 1. The van der Waals surface area contributed by atoms with Crippen LogP contribution in [-0.2, 0) is 0 Å². The van der Waals surface area contributed by atoms with Crippen LogP contribution >= 0.6 is 0 Å². The van der Waals surface area contributed by atoms with Crippen molar-refractivity contribution in [1.82, 2.24) is 4.90 Å². The Morgan fingerprint density at radius 3 is 2.35 bits per heavy atom. The molecule has 5 nitrogen and oxygen atoms in total. The number of amides is 2. The van der Waals surface area contributed by atoms with Gasteiger partial charge in [-0.3, -0.25) is 0 Å². The van der Waals surface area contributed by atoms with Crippen molar-refractivity contribution >= 4 is 11.7 Å². The van der Waals surface area contributed by atoms with Crippen LogP contribution in [0.3, 0.4) is 0 Å². The molecular formula is C18H26N2O3. The second-order valence-corrected chi connectivity index (χ2v) is 5.76. The number of carbonyl (C=O) groups is 1. The first-order valence-electron chi connectivity index (χ1n) is 8.09. The zero-order chi connectivity index (χ0) is 16.7. The Labute approximate surface area is 138 Å². The number of anilines is 1. The molecule has 1 aliphatic carbocycles. The highest BCUT2D eigenvalue weighted by Crippen LogP contribution is 2.27. The Hall–Kier alpha value is -2.17. The van der Waals surface area contributed by atoms with Crippen LogP contribution in [0.15, 0.2) is 30.9 Å². The molecule has 1 fully saturated rings. The van der Waals surface area contributed by atoms with Crippen molar-refractivity contribution in [2.24, 2.45) is 0 Å². The largest absolute Gasteiger partial charge is 0.497 e. The molecule has 1 saturated carbocycles. The standard InChI is InChI=1S/C18H26N2O3/c1-4-10-20(15-8-6-5-7-9-15)18(21)19-14-11-16(22-2)13-17(12-14)23-3/h4,11-13,15H,1,5-10H2,2-3H3,(H,19,21). The number of carbonyl (C=O) groups excluding carboxylic acids is 1. The van der Waals surface area contributed by atoms with Crippen molar-refractivity contribution in [3.63, 3.8) is 0 Å². The minimum Gasteiger partial charge on any atom is -0.497 e. The molecule has 0 saturated heterocycles. The van der Waals surface area contributed by atoms with Gasteiger partial charge in [-0.25, -0.2) is 4.79 Å². The van der Waals surface area contributed by atoms with Gasteiger partial charge >= 0.3 is 6.03 Å². The lowest BCUT2D eigenvalue weighted by Gasteiger charge is -2.33. The SMILES string of the molecule is C=CCN(C(=O)Nc1cc(OC)cc(OC)c1)C1CCCCC1. The number of methoxy groups -OCH3 is 2. The lowest BCUT2D eigenvalue weighted by molar-refractivity contribution is 0.176. The van der Waals surface area contributed by atoms with Gasteiger partial charge in [0.05, 0.1) is 14.2 Å². The van der Waals surface area contributed by atoms with Crippen molar-refractivity contribution in [3.8, 4) is 11.5 Å². The van der Waals surface area contributed by atoms with E-state index in [1.54, 1.807) is 38.5 Å². The van der Waals surface area contributed by atoms with Crippen molar-refractivity contribution in [1.29, 1.82) is 0 Å². The predicted molar refractivity (Wildman–Crippen MR) is 92.3 cm³/mol. The Morgan fingerprint density at radius 1 is 1.22 bits per heavy atom. The number of hydrogen-bond acceptors (Lipinski definition) is 3. The smallest absolute Gasteiger partial charge is 0.322 e. The summed E-state index contributed by atoms with van der Waals surface area (Å²) in [7, 11) is 3.18. The summed E-state index contributed by atoms with van der Waals surface area (Å²) in [5.41, 5.74) is 0.663. The summed E-state index contributed by atoms with van der Waals surface area (Å²) in [5, 5.41) is 2.95. The quantitative estimate of drug-likeness (QED) is 0.805. The number of hydrogen-bond donors (Lipinski definition) is 1. The van der Waals surface area contributed by atoms with E-state index in [9.17, 15) is 4.79 Å². The van der Waals surface area contributed by atoms with E-state index >= 15 is 0 Å². The molecule has 0 spiro atoms. The molecule has 2 rings (SSSR count). The van der Waals surface area contributed by atoms with Gasteiger partial charge in [-0.2, -0.15) is 0 Å². The average Bonchev–Trinajstić information content (AvgIpc) is 2.59. The van der Waals surface area contributed by atoms with Crippen LogP contribution in [-0.4, -0.2) is 37.7 Å². The van der Waals surface area contributed by atoms with Crippen molar-refractivity contribution in [3.05, 3.63) is 30.9 Å². The second-order valence-electron chi connectivity index (χ2n) is 5.76. The van der Waals surface area contributed by atoms with Crippen molar-refractivity contribution in [2.75, 3.05) is 26.1 Å². The number of urea groups is 1. The molecule has 1 aromatic carbocycles. The molecule has 0 radical (unpaired) electrons. The molecule has 126 valence electrons. The molecule has 0 atom stereocenters. The number of ether oxygens (including phenoxy) is 2. The highest BCUT2D eigenvalue weighted by Gasteiger charge is 2.24. The molecule has 0 heterocycles. The van der Waals surface area contributed by atoms with Gasteiger partial charge in [-0.15, -0.1) is 6.58 Å². The van der Waals surface area contributed by atoms with Gasteiger partial charge in [0.1, 0.15) is 11.5 Å². The summed E-state index contributed by atoms with van der Waals surface area (Å²) in [6.07, 6.45) is 7.51. The van der Waals surface area contributed by atoms with Gasteiger partial charge in [0.2, 0.25) is 0 Å². The summed E-state index contributed by atoms with van der Waals surface area (Å²) in [5.74, 6) is 1.29. The van der Waals surface area contributed by atoms with Crippen LogP contribution in [0, 0.1) is 0 Å². The highest BCUT2D eigenvalue weighted by molar-refractivity contribution is 5.90. The van der Waals surface area contributed by atoms with Crippen LogP contribution in [0.4, 0.5) is 10.5 Å². The molecule has 0 bridgehead atoms. The third-order valence-electron chi connectivity index (χ3n) is 4.20. The van der Waals surface area contributed by atoms with Gasteiger partial charge in [0, 0.05) is 36.5 Å². The summed E-state index contributed by atoms with van der Waals surface area (Å²) in [6.45, 7) is 4.33. The molecule has 23 heavy (non-hydrogen) atoms. The Balaban J connectivity index is 2.12. The van der Waals surface area contributed by atoms with E-state index in [0.717, 1.165) is 12.8 Å². The normalized spacial score (nSPS) is 14.9. The Morgan fingerprint density at radius 2 is 1.83 bits per heavy atom. The molecule has 2 amide bonds. The van der Waals surface area contributed by atoms with Crippen molar-refractivity contribution < 1.29 is 14.3 Å². The lowest BCUT2D eigenvalue weighted by Crippen LogP contribution is -2.43. The molecule has 1 aromatic rings. The van der Waals surface area contributed by atoms with Crippen LogP contribution in [0.1, 0.15) is 32.1 Å². The Kier molecular flexibility index (Phi) is 6.32. The molecule has 0 unspecified atom stereocenters. The number of benzene rings is 1. The fraction of sp³-hybridized carbons (Fsp3) is 0.500. The lowest BCUT2D eigenvalue weighted by atomic mass is 9.94. The minimum absolute atomic E-state index is 0.105. The fourth-order valence-corrected chi connectivity index (χ4v) is 3.00. The van der Waals surface area contributed by atoms with E-state index < -0.39 is 0 Å². The van der Waals surface area contributed by atoms with E-state index in [-0.39, 0.29) is 12.1 Å². The maximum Gasteiger partial charge on any atom is 0.322 e. The van der Waals surface area contributed by atoms with Crippen LogP contribution in [0.5, 0.6) is 11.5 Å². The second kappa shape index (κ2) is 8.46. The monoisotopic (exact) mass is 318 g/mol. The first kappa shape index (κ1) is 17.2. The third-order valence-corrected chi connectivity index (χ3v) is 4.20. The van der Waals surface area contributed by atoms with E-state index in [1.807, 2.05) is 4.90 Å². The first-order valence-corrected chi connectivity index (χ1v) is 8.09. The molecule has 0 aliphatic heterocycles. The fourth-order valence-electron chi connectivity index (χ4n) is 3.00. The summed E-state index contributed by atoms with van der Waals surface area (Å²) in [4.78, 5) is 14.6. The van der Waals surface area contributed by atoms with Crippen LogP contribution in [0.2, 0.25) is 0 Å². The van der Waals surface area contributed by atoms with Crippen LogP contribution < -0.4 is 14.8 Å². The van der Waals surface area contributed by atoms with E-state index in [4.69, 9.17) is 9.47 Å². The van der Waals surface area contributed by atoms with Gasteiger partial charge in [-0.05, 0) is 12.8 Å². The summed E-state index contributed by atoms with van der Waals surface area (Å²) >= 11 is 0. The van der Waals surface area contributed by atoms with Gasteiger partial charge in [0.25, 0.3) is 0 Å². The van der Waals surface area contributed by atoms with Gasteiger partial charge < -0.3 is 19.7 Å². The number of nitrogens with one attached hydrogen (secondary N) is 1. The summed E-state index contributed by atoms with van der Waals surface area (Å²) in [6, 6.07) is 5.53. The van der Waals surface area contributed by atoms with E-state index in [2.05, 4.69) is 11.9 Å². The zero-order valence-corrected chi connectivity index (χ0v) is 14.0. The minimum atomic E-state index is -0.105. The van der Waals surface area contributed by atoms with E-state index in [0.29, 0.717) is 23.7 Å². The highest BCUT2D eigenvalue weighted by atomic mass is 16.5. The molecule has 0 aromatic heterocycles. The molecule has 1 aliphatic rings. The average molecular weight is 318 g/mol. The van der Waals surface area contributed by atoms with Gasteiger partial charge in [-0.1, -0.05) is 25.3 Å². The number of rotatable bonds is 6. The molecule has 1 N–H and O–H groups in total. The zero-order valence-electron chi connectivity index (χ0n) is 14.0. The predicted octanol–water partition coefficient (Wildman–Crippen LogP) is 4.06.